The molecule has 1 aromatic carbocycles. The number of aromatic nitrogens is 2. The van der Waals surface area contributed by atoms with Crippen LogP contribution in [-0.4, -0.2) is 23.8 Å². The van der Waals surface area contributed by atoms with Crippen LogP contribution in [0.5, 0.6) is 0 Å². The van der Waals surface area contributed by atoms with Crippen LogP contribution in [0.3, 0.4) is 0 Å². The topological polar surface area (TPSA) is 51.0 Å². The van der Waals surface area contributed by atoms with Gasteiger partial charge in [-0.05, 0) is 25.2 Å². The zero-order chi connectivity index (χ0) is 13.9. The number of alkyl halides is 3. The molecule has 2 rings (SSSR count). The second-order valence-corrected chi connectivity index (χ2v) is 3.93. The molecule has 0 spiro atoms. The Hall–Kier alpha value is -1.89. The lowest BCUT2D eigenvalue weighted by Gasteiger charge is -2.06. The summed E-state index contributed by atoms with van der Waals surface area (Å²) in [4.78, 5) is 0. The van der Waals surface area contributed by atoms with E-state index in [0.717, 1.165) is 12.1 Å². The normalized spacial score (nSPS) is 11.8. The highest BCUT2D eigenvalue weighted by molar-refractivity contribution is 5.54. The molecule has 0 unspecified atom stereocenters. The summed E-state index contributed by atoms with van der Waals surface area (Å²) in [5, 5.41) is 10.5. The molecule has 1 heterocycles. The second-order valence-electron chi connectivity index (χ2n) is 3.93. The van der Waals surface area contributed by atoms with E-state index >= 15 is 0 Å². The van der Waals surface area contributed by atoms with Crippen LogP contribution in [0.1, 0.15) is 11.5 Å². The maximum atomic E-state index is 12.6. The molecule has 0 aliphatic carbocycles. The first-order valence-electron chi connectivity index (χ1n) is 5.65. The van der Waals surface area contributed by atoms with Crippen molar-refractivity contribution in [3.8, 4) is 11.5 Å². The third-order valence-corrected chi connectivity index (χ3v) is 2.49. The molecule has 2 aromatic rings. The second kappa shape index (κ2) is 5.40. The third kappa shape index (κ3) is 3.31. The monoisotopic (exact) mass is 271 g/mol. The first-order chi connectivity index (χ1) is 9.00. The summed E-state index contributed by atoms with van der Waals surface area (Å²) >= 11 is 0. The smallest absolute Gasteiger partial charge is 0.416 e. The molecular weight excluding hydrogens is 259 g/mol. The van der Waals surface area contributed by atoms with Crippen molar-refractivity contribution in [2.75, 3.05) is 13.6 Å². The van der Waals surface area contributed by atoms with Gasteiger partial charge in [-0.2, -0.15) is 13.2 Å². The highest BCUT2D eigenvalue weighted by Gasteiger charge is 2.30. The fourth-order valence-electron chi connectivity index (χ4n) is 1.53. The third-order valence-electron chi connectivity index (χ3n) is 2.49. The Morgan fingerprint density at radius 1 is 1.26 bits per heavy atom. The average molecular weight is 271 g/mol. The van der Waals surface area contributed by atoms with Crippen LogP contribution < -0.4 is 5.32 Å². The van der Waals surface area contributed by atoms with Crippen LogP contribution >= 0.6 is 0 Å². The van der Waals surface area contributed by atoms with E-state index in [0.29, 0.717) is 18.9 Å². The predicted molar refractivity (Wildman–Crippen MR) is 62.4 cm³/mol. The van der Waals surface area contributed by atoms with Crippen molar-refractivity contribution in [2.45, 2.75) is 12.6 Å². The first-order valence-corrected chi connectivity index (χ1v) is 5.65. The zero-order valence-electron chi connectivity index (χ0n) is 10.2. The average Bonchev–Trinajstić information content (AvgIpc) is 2.84. The summed E-state index contributed by atoms with van der Waals surface area (Å²) in [7, 11) is 1.78. The van der Waals surface area contributed by atoms with Gasteiger partial charge in [0.05, 0.1) is 5.56 Å². The van der Waals surface area contributed by atoms with E-state index in [2.05, 4.69) is 15.5 Å². The Bertz CT molecular complexity index is 551. The minimum absolute atomic E-state index is 0.0946. The van der Waals surface area contributed by atoms with Gasteiger partial charge in [-0.25, -0.2) is 0 Å². The lowest BCUT2D eigenvalue weighted by Crippen LogP contribution is -2.10. The van der Waals surface area contributed by atoms with Crippen LogP contribution in [0.15, 0.2) is 28.7 Å². The SMILES string of the molecule is CNCCc1nnc(-c2cccc(C(F)(F)F)c2)o1. The standard InChI is InChI=1S/C12H12F3N3O/c1-16-6-5-10-17-18-11(19-10)8-3-2-4-9(7-8)12(13,14)15/h2-4,7,16H,5-6H2,1H3. The van der Waals surface area contributed by atoms with Gasteiger partial charge in [-0.1, -0.05) is 6.07 Å². The summed E-state index contributed by atoms with van der Waals surface area (Å²) in [6.45, 7) is 0.657. The fraction of sp³-hybridized carbons (Fsp3) is 0.333. The summed E-state index contributed by atoms with van der Waals surface area (Å²) in [5.74, 6) is 0.485. The fourth-order valence-corrected chi connectivity index (χ4v) is 1.53. The van der Waals surface area contributed by atoms with E-state index in [4.69, 9.17) is 4.42 Å². The Morgan fingerprint density at radius 3 is 2.74 bits per heavy atom. The van der Waals surface area contributed by atoms with Crippen molar-refractivity contribution in [1.29, 1.82) is 0 Å². The minimum atomic E-state index is -4.38. The van der Waals surface area contributed by atoms with E-state index < -0.39 is 11.7 Å². The van der Waals surface area contributed by atoms with Gasteiger partial charge in [-0.3, -0.25) is 0 Å². The van der Waals surface area contributed by atoms with Gasteiger partial charge in [0.25, 0.3) is 0 Å². The minimum Gasteiger partial charge on any atom is -0.421 e. The van der Waals surface area contributed by atoms with Crippen molar-refractivity contribution in [3.63, 3.8) is 0 Å². The van der Waals surface area contributed by atoms with Crippen LogP contribution in [-0.2, 0) is 12.6 Å². The maximum absolute atomic E-state index is 12.6. The van der Waals surface area contributed by atoms with E-state index in [1.54, 1.807) is 7.05 Å². The van der Waals surface area contributed by atoms with Crippen molar-refractivity contribution in [1.82, 2.24) is 15.5 Å². The Morgan fingerprint density at radius 2 is 2.05 bits per heavy atom. The Balaban J connectivity index is 2.24. The molecule has 0 fully saturated rings. The van der Waals surface area contributed by atoms with Crippen molar-refractivity contribution < 1.29 is 17.6 Å². The molecule has 7 heteroatoms. The van der Waals surface area contributed by atoms with E-state index in [9.17, 15) is 13.2 Å². The number of nitrogens with one attached hydrogen (secondary N) is 1. The molecule has 0 atom stereocenters. The van der Waals surface area contributed by atoms with Crippen molar-refractivity contribution >= 4 is 0 Å². The van der Waals surface area contributed by atoms with Gasteiger partial charge >= 0.3 is 6.18 Å². The molecule has 4 nitrogen and oxygen atoms in total. The number of nitrogens with zero attached hydrogens (tertiary/aromatic N) is 2. The molecule has 0 saturated carbocycles. The van der Waals surface area contributed by atoms with Crippen molar-refractivity contribution in [2.24, 2.45) is 0 Å². The van der Waals surface area contributed by atoms with Gasteiger partial charge in [0.15, 0.2) is 0 Å². The molecule has 0 amide bonds. The summed E-state index contributed by atoms with van der Waals surface area (Å²) in [5.41, 5.74) is -0.474. The molecule has 0 aliphatic rings. The molecular formula is C12H12F3N3O. The highest BCUT2D eigenvalue weighted by Crippen LogP contribution is 2.31. The Kier molecular flexibility index (Phi) is 3.84. The quantitative estimate of drug-likeness (QED) is 0.928. The molecule has 1 N–H and O–H groups in total. The zero-order valence-corrected chi connectivity index (χ0v) is 10.2. The number of rotatable bonds is 4. The lowest BCUT2D eigenvalue weighted by atomic mass is 10.1. The summed E-state index contributed by atoms with van der Waals surface area (Å²) in [6, 6.07) is 4.82. The maximum Gasteiger partial charge on any atom is 0.416 e. The molecule has 0 aliphatic heterocycles. The largest absolute Gasteiger partial charge is 0.421 e. The molecule has 0 radical (unpaired) electrons. The molecule has 102 valence electrons. The number of halogens is 3. The first kappa shape index (κ1) is 13.5. The van der Waals surface area contributed by atoms with Gasteiger partial charge in [0.1, 0.15) is 0 Å². The lowest BCUT2D eigenvalue weighted by molar-refractivity contribution is -0.137. The molecule has 0 bridgehead atoms. The van der Waals surface area contributed by atoms with E-state index in [1.165, 1.54) is 12.1 Å². The van der Waals surface area contributed by atoms with E-state index in [1.807, 2.05) is 0 Å². The highest BCUT2D eigenvalue weighted by atomic mass is 19.4. The summed E-state index contributed by atoms with van der Waals surface area (Å²) in [6.07, 6.45) is -3.85. The number of likely N-dealkylation sites (N-methyl/N-ethyl adjacent to an activating group) is 1. The van der Waals surface area contributed by atoms with Gasteiger partial charge < -0.3 is 9.73 Å². The van der Waals surface area contributed by atoms with Gasteiger partial charge in [0.2, 0.25) is 11.8 Å². The van der Waals surface area contributed by atoms with Crippen molar-refractivity contribution in [3.05, 3.63) is 35.7 Å². The molecule has 0 saturated heterocycles. The number of hydrogen-bond acceptors (Lipinski definition) is 4. The molecule has 19 heavy (non-hydrogen) atoms. The molecule has 1 aromatic heterocycles. The van der Waals surface area contributed by atoms with E-state index in [-0.39, 0.29) is 11.5 Å². The van der Waals surface area contributed by atoms with Gasteiger partial charge in [0, 0.05) is 18.5 Å². The van der Waals surface area contributed by atoms with Crippen LogP contribution in [0.2, 0.25) is 0 Å². The van der Waals surface area contributed by atoms with Gasteiger partial charge in [-0.15, -0.1) is 10.2 Å². The number of hydrogen-bond donors (Lipinski definition) is 1. The number of benzene rings is 1. The summed E-state index contributed by atoms with van der Waals surface area (Å²) < 4.78 is 43.1. The van der Waals surface area contributed by atoms with Crippen LogP contribution in [0.25, 0.3) is 11.5 Å². The van der Waals surface area contributed by atoms with Crippen LogP contribution in [0.4, 0.5) is 13.2 Å². The predicted octanol–water partition coefficient (Wildman–Crippen LogP) is 2.52. The van der Waals surface area contributed by atoms with Crippen LogP contribution in [0, 0.1) is 0 Å². The Labute approximate surface area is 107 Å².